The minimum atomic E-state index is -0.716. The molecule has 0 aliphatic carbocycles. The van der Waals surface area contributed by atoms with Gasteiger partial charge in [-0.15, -0.1) is 0 Å². The lowest BCUT2D eigenvalue weighted by molar-refractivity contribution is -0.560. The fraction of sp³-hybridized carbons (Fsp3) is 0.222. The molecule has 0 aromatic carbocycles. The highest BCUT2D eigenvalue weighted by Crippen LogP contribution is 2.08. The Morgan fingerprint density at radius 1 is 1.86 bits per heavy atom. The second-order valence-electron chi connectivity index (χ2n) is 2.47. The van der Waals surface area contributed by atoms with Gasteiger partial charge in [0, 0.05) is 6.08 Å². The second-order valence-corrected chi connectivity index (χ2v) is 2.47. The monoisotopic (exact) mass is 194 g/mol. The van der Waals surface area contributed by atoms with Crippen molar-refractivity contribution in [1.29, 1.82) is 0 Å². The molecule has 0 spiro atoms. The van der Waals surface area contributed by atoms with Gasteiger partial charge in [-0.3, -0.25) is 5.11 Å². The molecule has 0 fully saturated rings. The van der Waals surface area contributed by atoms with E-state index in [2.05, 4.69) is 6.58 Å². The lowest BCUT2D eigenvalue weighted by Gasteiger charge is -2.13. The van der Waals surface area contributed by atoms with Gasteiger partial charge in [-0.05, 0) is 6.08 Å². The first-order valence-electron chi connectivity index (χ1n) is 4.00. The van der Waals surface area contributed by atoms with Gasteiger partial charge < -0.3 is 15.0 Å². The molecule has 0 aromatic heterocycles. The van der Waals surface area contributed by atoms with E-state index in [4.69, 9.17) is 15.0 Å². The Kier molecular flexibility index (Phi) is 3.60. The van der Waals surface area contributed by atoms with Crippen molar-refractivity contribution < 1.29 is 19.4 Å². The van der Waals surface area contributed by atoms with Crippen molar-refractivity contribution >= 4 is 5.97 Å². The number of nitrogens with zero attached hydrogens (tertiary/aromatic N) is 1. The fourth-order valence-electron chi connectivity index (χ4n) is 0.851. The summed E-state index contributed by atoms with van der Waals surface area (Å²) in [5.41, 5.74) is 8.54. The van der Waals surface area contributed by atoms with Gasteiger partial charge in [-0.1, -0.05) is 18.7 Å². The average molecular weight is 194 g/mol. The number of esters is 1. The number of hydrogen-bond acceptors (Lipinski definition) is 3. The Morgan fingerprint density at radius 2 is 2.64 bits per heavy atom. The Bertz CT molecular complexity index is 307. The topological polar surface area (TPSA) is 71.8 Å². The zero-order valence-electron chi connectivity index (χ0n) is 7.47. The molecule has 0 bridgehead atoms. The van der Waals surface area contributed by atoms with E-state index in [1.165, 1.54) is 12.2 Å². The summed E-state index contributed by atoms with van der Waals surface area (Å²) in [6.07, 6.45) is 5.33. The molecule has 74 valence electrons. The first kappa shape index (κ1) is 10.2. The maximum Gasteiger partial charge on any atom is 0.374 e. The van der Waals surface area contributed by atoms with Crippen molar-refractivity contribution in [1.82, 2.24) is 0 Å². The van der Waals surface area contributed by atoms with Crippen LogP contribution in [0, 0.1) is 0 Å². The molecule has 0 saturated carbocycles. The molecular formula is C9H10N2O3. The van der Waals surface area contributed by atoms with Crippen LogP contribution in [0.1, 0.15) is 0 Å². The van der Waals surface area contributed by atoms with E-state index in [0.717, 1.165) is 0 Å². The second kappa shape index (κ2) is 4.96. The summed E-state index contributed by atoms with van der Waals surface area (Å²) in [6.45, 7) is 3.53. The van der Waals surface area contributed by atoms with E-state index in [-0.39, 0.29) is 12.4 Å². The maximum atomic E-state index is 11.2. The molecule has 1 unspecified atom stereocenters. The quantitative estimate of drug-likeness (QED) is 0.376. The van der Waals surface area contributed by atoms with E-state index in [1.807, 2.05) is 5.11 Å². The van der Waals surface area contributed by atoms with Gasteiger partial charge >= 0.3 is 12.2 Å². The standard InChI is InChI=1S/C9H10N2O3/c1-2-6-13-9(12)7-4-3-5-8(11-10)14-7/h2-5,8,11H,1,6H2. The fourth-order valence-corrected chi connectivity index (χ4v) is 0.851. The van der Waals surface area contributed by atoms with Gasteiger partial charge in [-0.25, -0.2) is 4.79 Å². The molecule has 0 saturated heterocycles. The molecule has 1 atom stereocenters. The summed E-state index contributed by atoms with van der Waals surface area (Å²) in [4.78, 5) is 11.2. The largest absolute Gasteiger partial charge is 0.505 e. The lowest BCUT2D eigenvalue weighted by Crippen LogP contribution is -2.72. The van der Waals surface area contributed by atoms with E-state index < -0.39 is 12.2 Å². The van der Waals surface area contributed by atoms with Crippen molar-refractivity contribution in [3.05, 3.63) is 42.2 Å². The maximum absolute atomic E-state index is 11.2. The number of rotatable bonds is 4. The van der Waals surface area contributed by atoms with Crippen molar-refractivity contribution in [2.75, 3.05) is 6.61 Å². The Balaban J connectivity index is 2.56. The first-order valence-corrected chi connectivity index (χ1v) is 4.00. The molecule has 0 radical (unpaired) electrons. The predicted molar refractivity (Wildman–Crippen MR) is 47.6 cm³/mol. The van der Waals surface area contributed by atoms with E-state index in [1.54, 1.807) is 12.2 Å². The zero-order chi connectivity index (χ0) is 10.4. The van der Waals surface area contributed by atoms with Crippen LogP contribution in [0.5, 0.6) is 0 Å². The van der Waals surface area contributed by atoms with Crippen molar-refractivity contribution in [3.63, 3.8) is 0 Å². The van der Waals surface area contributed by atoms with E-state index in [0.29, 0.717) is 0 Å². The highest BCUT2D eigenvalue weighted by Gasteiger charge is 2.19. The number of ether oxygens (including phenoxy) is 2. The van der Waals surface area contributed by atoms with Gasteiger partial charge in [0.05, 0.1) is 0 Å². The van der Waals surface area contributed by atoms with Gasteiger partial charge in [-0.2, -0.15) is 0 Å². The lowest BCUT2D eigenvalue weighted by atomic mass is 10.3. The number of carbonyl (C=O) groups is 1. The molecule has 14 heavy (non-hydrogen) atoms. The Morgan fingerprint density at radius 3 is 3.29 bits per heavy atom. The van der Waals surface area contributed by atoms with Crippen LogP contribution in [0.15, 0.2) is 36.6 Å². The molecular weight excluding hydrogens is 184 g/mol. The van der Waals surface area contributed by atoms with Crippen LogP contribution in [0.3, 0.4) is 0 Å². The summed E-state index contributed by atoms with van der Waals surface area (Å²) in [5.74, 6) is -0.546. The van der Waals surface area contributed by atoms with Crippen LogP contribution in [-0.2, 0) is 14.3 Å². The van der Waals surface area contributed by atoms with Crippen LogP contribution in [0.4, 0.5) is 0 Å². The smallest absolute Gasteiger partial charge is 0.374 e. The third-order valence-corrected chi connectivity index (χ3v) is 1.45. The molecule has 1 aliphatic rings. The summed E-state index contributed by atoms with van der Waals surface area (Å²) >= 11 is 0. The van der Waals surface area contributed by atoms with Crippen LogP contribution >= 0.6 is 0 Å². The van der Waals surface area contributed by atoms with Crippen LogP contribution in [0.2, 0.25) is 0 Å². The number of nitrogens with one attached hydrogen (secondary N) is 1. The van der Waals surface area contributed by atoms with Crippen LogP contribution < -0.4 is 5.11 Å². The minimum Gasteiger partial charge on any atom is -0.505 e. The third kappa shape index (κ3) is 2.55. The number of allylic oxidation sites excluding steroid dienone is 2. The minimum absolute atomic E-state index is 0.0425. The van der Waals surface area contributed by atoms with Gasteiger partial charge in [0.25, 0.3) is 0 Å². The summed E-state index contributed by atoms with van der Waals surface area (Å²) < 4.78 is 9.73. The van der Waals surface area contributed by atoms with E-state index in [9.17, 15) is 4.79 Å². The SMILES string of the molecule is C=CCOC(=O)C1=CC=CC([NH+]=[N-])O1. The highest BCUT2D eigenvalue weighted by atomic mass is 16.6. The van der Waals surface area contributed by atoms with Gasteiger partial charge in [0.1, 0.15) is 6.61 Å². The molecule has 1 heterocycles. The first-order chi connectivity index (χ1) is 6.77. The van der Waals surface area contributed by atoms with Gasteiger partial charge in [0.15, 0.2) is 0 Å². The Labute approximate surface area is 81.2 Å². The number of hydrogen-bond donors (Lipinski definition) is 1. The molecule has 1 rings (SSSR count). The summed E-state index contributed by atoms with van der Waals surface area (Å²) in [6, 6.07) is 0. The predicted octanol–water partition coefficient (Wildman–Crippen LogP) is -0.386. The van der Waals surface area contributed by atoms with E-state index >= 15 is 0 Å². The molecule has 5 nitrogen and oxygen atoms in total. The molecule has 0 amide bonds. The van der Waals surface area contributed by atoms with Crippen molar-refractivity contribution in [3.8, 4) is 0 Å². The summed E-state index contributed by atoms with van der Waals surface area (Å²) in [7, 11) is 0. The third-order valence-electron chi connectivity index (χ3n) is 1.45. The van der Waals surface area contributed by atoms with Crippen LogP contribution in [-0.4, -0.2) is 18.8 Å². The molecule has 1 N–H and O–H groups in total. The van der Waals surface area contributed by atoms with Crippen molar-refractivity contribution in [2.45, 2.75) is 6.23 Å². The molecule has 5 heteroatoms. The van der Waals surface area contributed by atoms with Gasteiger partial charge in [0.2, 0.25) is 5.76 Å². The summed E-state index contributed by atoms with van der Waals surface area (Å²) in [5, 5.41) is 1.87. The average Bonchev–Trinajstić information content (AvgIpc) is 2.26. The normalized spacial score (nSPS) is 19.1. The molecule has 0 aromatic rings. The van der Waals surface area contributed by atoms with Crippen LogP contribution in [0.25, 0.3) is 5.53 Å². The molecule has 1 aliphatic heterocycles. The highest BCUT2D eigenvalue weighted by molar-refractivity contribution is 5.86. The Hall–Kier alpha value is -1.91. The van der Waals surface area contributed by atoms with Crippen molar-refractivity contribution in [2.24, 2.45) is 0 Å². The number of carbonyl (C=O) groups excluding carboxylic acids is 1. The zero-order valence-corrected chi connectivity index (χ0v) is 7.47.